The Balaban J connectivity index is 1.58. The van der Waals surface area contributed by atoms with Crippen LogP contribution in [0.1, 0.15) is 87.9 Å². The highest BCUT2D eigenvalue weighted by Crippen LogP contribution is 2.28. The number of ether oxygens (including phenoxy) is 1. The fraction of sp³-hybridized carbons (Fsp3) is 0.680. The van der Waals surface area contributed by atoms with Crippen LogP contribution in [0.25, 0.3) is 0 Å². The van der Waals surface area contributed by atoms with Gasteiger partial charge in [-0.05, 0) is 50.3 Å². The molecule has 0 aliphatic carbocycles. The van der Waals surface area contributed by atoms with Gasteiger partial charge in [0.2, 0.25) is 5.91 Å². The van der Waals surface area contributed by atoms with E-state index in [1.807, 2.05) is 18.2 Å². The van der Waals surface area contributed by atoms with Gasteiger partial charge < -0.3 is 20.3 Å². The minimum atomic E-state index is -0.0931. The molecule has 0 spiro atoms. The summed E-state index contributed by atoms with van der Waals surface area (Å²) in [6.45, 7) is 5.46. The maximum absolute atomic E-state index is 13.0. The molecule has 2 amide bonds. The quantitative estimate of drug-likeness (QED) is 0.464. The van der Waals surface area contributed by atoms with Crippen molar-refractivity contribution in [3.63, 3.8) is 0 Å². The predicted molar refractivity (Wildman–Crippen MR) is 126 cm³/mol. The molecule has 0 saturated carbocycles. The molecule has 6 heteroatoms. The first kappa shape index (κ1) is 23.6. The van der Waals surface area contributed by atoms with Crippen molar-refractivity contribution < 1.29 is 14.3 Å². The lowest BCUT2D eigenvalue weighted by Gasteiger charge is -2.22. The molecular formula is C25H39N3O3. The molecular weight excluding hydrogens is 390 g/mol. The van der Waals surface area contributed by atoms with Crippen LogP contribution in [0.5, 0.6) is 0 Å². The first-order valence-corrected chi connectivity index (χ1v) is 12.3. The molecule has 0 aromatic heterocycles. The predicted octanol–water partition coefficient (Wildman–Crippen LogP) is 4.88. The first-order valence-electron chi connectivity index (χ1n) is 12.3. The van der Waals surface area contributed by atoms with Gasteiger partial charge in [0.1, 0.15) is 0 Å². The Labute approximate surface area is 187 Å². The molecule has 6 nitrogen and oxygen atoms in total. The van der Waals surface area contributed by atoms with Crippen molar-refractivity contribution in [1.29, 1.82) is 0 Å². The Morgan fingerprint density at radius 3 is 2.58 bits per heavy atom. The second kappa shape index (κ2) is 12.7. The average Bonchev–Trinajstić information content (AvgIpc) is 3.49. The van der Waals surface area contributed by atoms with E-state index in [4.69, 9.17) is 4.74 Å². The van der Waals surface area contributed by atoms with Crippen molar-refractivity contribution in [2.24, 2.45) is 0 Å². The highest BCUT2D eigenvalue weighted by Gasteiger charge is 2.22. The molecule has 1 unspecified atom stereocenters. The van der Waals surface area contributed by atoms with E-state index in [0.717, 1.165) is 63.9 Å². The largest absolute Gasteiger partial charge is 0.376 e. The number of rotatable bonds is 12. The third-order valence-corrected chi connectivity index (χ3v) is 6.24. The Morgan fingerprint density at radius 2 is 1.84 bits per heavy atom. The van der Waals surface area contributed by atoms with Gasteiger partial charge in [-0.3, -0.25) is 9.59 Å². The van der Waals surface area contributed by atoms with E-state index in [1.165, 1.54) is 25.7 Å². The summed E-state index contributed by atoms with van der Waals surface area (Å²) >= 11 is 0. The number of nitrogens with zero attached hydrogens (tertiary/aromatic N) is 1. The van der Waals surface area contributed by atoms with Crippen LogP contribution in [0.2, 0.25) is 0 Å². The number of anilines is 2. The fourth-order valence-electron chi connectivity index (χ4n) is 4.43. The zero-order chi connectivity index (χ0) is 21.9. The Morgan fingerprint density at radius 1 is 1.06 bits per heavy atom. The number of hydrogen-bond acceptors (Lipinski definition) is 4. The zero-order valence-corrected chi connectivity index (χ0v) is 19.1. The molecule has 172 valence electrons. The summed E-state index contributed by atoms with van der Waals surface area (Å²) in [4.78, 5) is 27.7. The van der Waals surface area contributed by atoms with Crippen molar-refractivity contribution in [2.75, 3.05) is 36.5 Å². The summed E-state index contributed by atoms with van der Waals surface area (Å²) in [5.41, 5.74) is 2.29. The Bertz CT molecular complexity index is 710. The molecule has 1 aromatic rings. The van der Waals surface area contributed by atoms with Crippen LogP contribution in [-0.4, -0.2) is 44.2 Å². The normalized spacial score (nSPS) is 18.4. The van der Waals surface area contributed by atoms with E-state index in [9.17, 15) is 9.59 Å². The summed E-state index contributed by atoms with van der Waals surface area (Å²) in [7, 11) is 0. The minimum Gasteiger partial charge on any atom is -0.376 e. The molecule has 2 N–H and O–H groups in total. The number of unbranched alkanes of at least 4 members (excludes halogenated alkanes) is 5. The topological polar surface area (TPSA) is 70.7 Å². The van der Waals surface area contributed by atoms with E-state index in [1.54, 1.807) is 0 Å². The summed E-state index contributed by atoms with van der Waals surface area (Å²) in [6.07, 6.45) is 11.9. The van der Waals surface area contributed by atoms with Crippen LogP contribution in [0, 0.1) is 0 Å². The summed E-state index contributed by atoms with van der Waals surface area (Å²) in [5.74, 6) is -0.0699. The third kappa shape index (κ3) is 7.53. The molecule has 2 heterocycles. The van der Waals surface area contributed by atoms with Gasteiger partial charge in [0, 0.05) is 44.0 Å². The zero-order valence-electron chi connectivity index (χ0n) is 19.1. The second-order valence-corrected chi connectivity index (χ2v) is 8.84. The first-order chi connectivity index (χ1) is 15.2. The number of carbonyl (C=O) groups excluding carboxylic acids is 2. The van der Waals surface area contributed by atoms with Crippen molar-refractivity contribution in [1.82, 2.24) is 5.32 Å². The standard InChI is InChI=1S/C25H39N3O3/c1-2-3-4-5-6-7-12-24(29)27-20-13-14-23(28-15-8-9-16-28)22(18-20)25(30)26-19-21-11-10-17-31-21/h13-14,18,21H,2-12,15-17,19H2,1H3,(H,26,30)(H,27,29). The van der Waals surface area contributed by atoms with E-state index in [-0.39, 0.29) is 17.9 Å². The summed E-state index contributed by atoms with van der Waals surface area (Å²) in [5, 5.41) is 6.03. The molecule has 31 heavy (non-hydrogen) atoms. The lowest BCUT2D eigenvalue weighted by Crippen LogP contribution is -2.33. The van der Waals surface area contributed by atoms with Gasteiger partial charge >= 0.3 is 0 Å². The molecule has 1 aromatic carbocycles. The van der Waals surface area contributed by atoms with Crippen molar-refractivity contribution in [3.8, 4) is 0 Å². The molecule has 0 bridgehead atoms. The van der Waals surface area contributed by atoms with Crippen LogP contribution in [0.3, 0.4) is 0 Å². The average molecular weight is 430 g/mol. The molecule has 2 aliphatic heterocycles. The smallest absolute Gasteiger partial charge is 0.253 e. The van der Waals surface area contributed by atoms with Crippen molar-refractivity contribution in [3.05, 3.63) is 23.8 Å². The van der Waals surface area contributed by atoms with Gasteiger partial charge in [-0.15, -0.1) is 0 Å². The van der Waals surface area contributed by atoms with Crippen LogP contribution >= 0.6 is 0 Å². The van der Waals surface area contributed by atoms with Gasteiger partial charge in [0.15, 0.2) is 0 Å². The van der Waals surface area contributed by atoms with Crippen LogP contribution in [-0.2, 0) is 9.53 Å². The van der Waals surface area contributed by atoms with Gasteiger partial charge in [0.25, 0.3) is 5.91 Å². The summed E-state index contributed by atoms with van der Waals surface area (Å²) < 4.78 is 5.63. The maximum Gasteiger partial charge on any atom is 0.253 e. The van der Waals surface area contributed by atoms with Crippen LogP contribution < -0.4 is 15.5 Å². The monoisotopic (exact) mass is 429 g/mol. The molecule has 2 fully saturated rings. The highest BCUT2D eigenvalue weighted by molar-refractivity contribution is 6.02. The van der Waals surface area contributed by atoms with Crippen molar-refractivity contribution in [2.45, 2.75) is 83.7 Å². The number of hydrogen-bond donors (Lipinski definition) is 2. The number of benzene rings is 1. The Kier molecular flexibility index (Phi) is 9.66. The number of amides is 2. The van der Waals surface area contributed by atoms with E-state index in [2.05, 4.69) is 22.5 Å². The van der Waals surface area contributed by atoms with Gasteiger partial charge in [-0.25, -0.2) is 0 Å². The molecule has 1 atom stereocenters. The minimum absolute atomic E-state index is 0.0233. The van der Waals surface area contributed by atoms with E-state index < -0.39 is 0 Å². The lowest BCUT2D eigenvalue weighted by molar-refractivity contribution is -0.116. The third-order valence-electron chi connectivity index (χ3n) is 6.24. The molecule has 2 aliphatic rings. The van der Waals surface area contributed by atoms with Gasteiger partial charge in [0.05, 0.1) is 11.7 Å². The Hall–Kier alpha value is -2.08. The van der Waals surface area contributed by atoms with E-state index >= 15 is 0 Å². The highest BCUT2D eigenvalue weighted by atomic mass is 16.5. The van der Waals surface area contributed by atoms with Crippen molar-refractivity contribution >= 4 is 23.2 Å². The maximum atomic E-state index is 13.0. The lowest BCUT2D eigenvalue weighted by atomic mass is 10.1. The molecule has 3 rings (SSSR count). The number of nitrogens with one attached hydrogen (secondary N) is 2. The second-order valence-electron chi connectivity index (χ2n) is 8.84. The van der Waals surface area contributed by atoms with Gasteiger partial charge in [-0.2, -0.15) is 0 Å². The van der Waals surface area contributed by atoms with Crippen LogP contribution in [0.4, 0.5) is 11.4 Å². The summed E-state index contributed by atoms with van der Waals surface area (Å²) in [6, 6.07) is 5.73. The molecule has 2 saturated heterocycles. The van der Waals surface area contributed by atoms with Gasteiger partial charge in [-0.1, -0.05) is 39.0 Å². The SMILES string of the molecule is CCCCCCCCC(=O)Nc1ccc(N2CCCC2)c(C(=O)NCC2CCCO2)c1. The molecule has 0 radical (unpaired) electrons. The number of carbonyl (C=O) groups is 2. The van der Waals surface area contributed by atoms with E-state index in [0.29, 0.717) is 24.2 Å². The fourth-order valence-corrected chi connectivity index (χ4v) is 4.43. The van der Waals surface area contributed by atoms with Crippen LogP contribution in [0.15, 0.2) is 18.2 Å².